The number of rotatable bonds is 10. The van der Waals surface area contributed by atoms with Gasteiger partial charge in [0.25, 0.3) is 0 Å². The monoisotopic (exact) mass is 486 g/mol. The van der Waals surface area contributed by atoms with Crippen molar-refractivity contribution in [2.75, 3.05) is 19.7 Å². The molecule has 0 fully saturated rings. The minimum atomic E-state index is 0. The number of guanidine groups is 1. The Hall–Kier alpha value is -1.61. The fourth-order valence-electron chi connectivity index (χ4n) is 2.81. The number of aliphatic imine (C=N–C) groups is 1. The first-order valence-electron chi connectivity index (χ1n) is 9.40. The first kappa shape index (κ1) is 23.4. The molecule has 1 heterocycles. The number of nitrogens with one attached hydrogen (secondary N) is 2. The van der Waals surface area contributed by atoms with Crippen molar-refractivity contribution in [1.82, 2.24) is 15.8 Å². The second-order valence-corrected chi connectivity index (χ2v) is 6.29. The Morgan fingerprint density at radius 1 is 1.19 bits per heavy atom. The zero-order valence-corrected chi connectivity index (χ0v) is 18.5. The highest BCUT2D eigenvalue weighted by atomic mass is 127. The second kappa shape index (κ2) is 13.5. The predicted molar refractivity (Wildman–Crippen MR) is 120 cm³/mol. The third-order valence-corrected chi connectivity index (χ3v) is 4.15. The van der Waals surface area contributed by atoms with Crippen LogP contribution in [0.1, 0.15) is 38.8 Å². The maximum absolute atomic E-state index is 9.19. The Balaban J connectivity index is 0.00000364. The molecule has 0 aliphatic heterocycles. The van der Waals surface area contributed by atoms with E-state index in [0.717, 1.165) is 55.3 Å². The van der Waals surface area contributed by atoms with Gasteiger partial charge in [0.2, 0.25) is 0 Å². The summed E-state index contributed by atoms with van der Waals surface area (Å²) in [5.74, 6) is 1.96. The molecule has 0 aliphatic carbocycles. The summed E-state index contributed by atoms with van der Waals surface area (Å²) in [6.45, 7) is 6.47. The fourth-order valence-corrected chi connectivity index (χ4v) is 2.81. The molecule has 3 N–H and O–H groups in total. The Kier molecular flexibility index (Phi) is 11.8. The van der Waals surface area contributed by atoms with Crippen LogP contribution in [0.15, 0.2) is 45.9 Å². The van der Waals surface area contributed by atoms with Crippen LogP contribution in [0.5, 0.6) is 0 Å². The molecule has 1 aromatic carbocycles. The van der Waals surface area contributed by atoms with Crippen molar-refractivity contribution in [3.05, 3.63) is 42.1 Å². The van der Waals surface area contributed by atoms with Crippen molar-refractivity contribution in [2.45, 2.75) is 39.7 Å². The topological polar surface area (TPSA) is 82.7 Å². The van der Waals surface area contributed by atoms with Crippen molar-refractivity contribution >= 4 is 29.9 Å². The van der Waals surface area contributed by atoms with Gasteiger partial charge in [0.15, 0.2) is 11.7 Å². The molecule has 1 unspecified atom stereocenters. The van der Waals surface area contributed by atoms with Crippen molar-refractivity contribution in [3.63, 3.8) is 0 Å². The number of aromatic nitrogens is 1. The maximum Gasteiger partial charge on any atom is 0.191 e. The van der Waals surface area contributed by atoms with Crippen LogP contribution in [0.3, 0.4) is 0 Å². The summed E-state index contributed by atoms with van der Waals surface area (Å²) in [4.78, 5) is 4.59. The smallest absolute Gasteiger partial charge is 0.191 e. The number of hydrogen-bond donors (Lipinski definition) is 3. The standard InChI is InChI=1S/C20H30N4O2.HI/c1-3-8-16(11-12-25)14-22-20(21-4-2)23-15-18-13-19(26-24-18)17-9-6-5-7-10-17;/h5-7,9-10,13,16,25H,3-4,8,11-12,14-15H2,1-2H3,(H2,21,22,23);1H. The lowest BCUT2D eigenvalue weighted by molar-refractivity contribution is 0.251. The highest BCUT2D eigenvalue weighted by molar-refractivity contribution is 14.0. The molecule has 2 aromatic rings. The van der Waals surface area contributed by atoms with E-state index in [2.05, 4.69) is 27.7 Å². The Bertz CT molecular complexity index is 655. The Morgan fingerprint density at radius 2 is 1.96 bits per heavy atom. The van der Waals surface area contributed by atoms with E-state index in [1.165, 1.54) is 0 Å². The highest BCUT2D eigenvalue weighted by Crippen LogP contribution is 2.19. The predicted octanol–water partition coefficient (Wildman–Crippen LogP) is 3.81. The maximum atomic E-state index is 9.19. The average Bonchev–Trinajstić information content (AvgIpc) is 3.14. The SMILES string of the molecule is CCCC(CCO)CNC(=NCc1cc(-c2ccccc2)on1)NCC.I. The van der Waals surface area contributed by atoms with E-state index in [-0.39, 0.29) is 30.6 Å². The van der Waals surface area contributed by atoms with Gasteiger partial charge in [-0.05, 0) is 25.7 Å². The molecule has 27 heavy (non-hydrogen) atoms. The van der Waals surface area contributed by atoms with Crippen molar-refractivity contribution in [2.24, 2.45) is 10.9 Å². The second-order valence-electron chi connectivity index (χ2n) is 6.29. The number of benzene rings is 1. The van der Waals surface area contributed by atoms with E-state index >= 15 is 0 Å². The molecule has 7 heteroatoms. The molecule has 0 radical (unpaired) electrons. The summed E-state index contributed by atoms with van der Waals surface area (Å²) in [6, 6.07) is 11.8. The quantitative estimate of drug-likeness (QED) is 0.270. The molecule has 0 aliphatic rings. The lowest BCUT2D eigenvalue weighted by Crippen LogP contribution is -2.40. The van der Waals surface area contributed by atoms with E-state index in [1.807, 2.05) is 43.3 Å². The van der Waals surface area contributed by atoms with E-state index in [0.29, 0.717) is 12.5 Å². The van der Waals surface area contributed by atoms with E-state index < -0.39 is 0 Å². The molecule has 1 aromatic heterocycles. The van der Waals surface area contributed by atoms with Crippen LogP contribution in [0.25, 0.3) is 11.3 Å². The van der Waals surface area contributed by atoms with Crippen LogP contribution < -0.4 is 10.6 Å². The van der Waals surface area contributed by atoms with Crippen LogP contribution in [-0.2, 0) is 6.54 Å². The number of aliphatic hydroxyl groups is 1. The number of halogens is 1. The molecule has 0 spiro atoms. The summed E-state index contributed by atoms with van der Waals surface area (Å²) < 4.78 is 5.42. The summed E-state index contributed by atoms with van der Waals surface area (Å²) >= 11 is 0. The number of nitrogens with zero attached hydrogens (tertiary/aromatic N) is 2. The number of hydrogen-bond acceptors (Lipinski definition) is 4. The minimum absolute atomic E-state index is 0. The largest absolute Gasteiger partial charge is 0.396 e. The lowest BCUT2D eigenvalue weighted by atomic mass is 10.0. The summed E-state index contributed by atoms with van der Waals surface area (Å²) in [5, 5.41) is 19.9. The third-order valence-electron chi connectivity index (χ3n) is 4.15. The van der Waals surface area contributed by atoms with Gasteiger partial charge in [-0.15, -0.1) is 24.0 Å². The highest BCUT2D eigenvalue weighted by Gasteiger charge is 2.09. The molecular formula is C20H31IN4O2. The van der Waals surface area contributed by atoms with Crippen LogP contribution in [0.4, 0.5) is 0 Å². The van der Waals surface area contributed by atoms with Gasteiger partial charge in [-0.1, -0.05) is 48.8 Å². The van der Waals surface area contributed by atoms with Gasteiger partial charge >= 0.3 is 0 Å². The minimum Gasteiger partial charge on any atom is -0.396 e. The molecular weight excluding hydrogens is 455 g/mol. The number of aliphatic hydroxyl groups excluding tert-OH is 1. The molecule has 0 amide bonds. The van der Waals surface area contributed by atoms with Gasteiger partial charge in [0.1, 0.15) is 5.69 Å². The zero-order valence-electron chi connectivity index (χ0n) is 16.1. The third kappa shape index (κ3) is 8.30. The van der Waals surface area contributed by atoms with Gasteiger partial charge in [-0.3, -0.25) is 0 Å². The first-order valence-corrected chi connectivity index (χ1v) is 9.40. The fraction of sp³-hybridized carbons (Fsp3) is 0.500. The van der Waals surface area contributed by atoms with Crippen LogP contribution >= 0.6 is 24.0 Å². The molecule has 1 atom stereocenters. The van der Waals surface area contributed by atoms with Crippen LogP contribution in [-0.4, -0.2) is 35.9 Å². The van der Waals surface area contributed by atoms with Gasteiger partial charge in [-0.25, -0.2) is 4.99 Å². The first-order chi connectivity index (χ1) is 12.8. The molecule has 6 nitrogen and oxygen atoms in total. The van der Waals surface area contributed by atoms with Crippen molar-refractivity contribution in [1.29, 1.82) is 0 Å². The molecule has 0 bridgehead atoms. The van der Waals surface area contributed by atoms with E-state index in [4.69, 9.17) is 4.52 Å². The van der Waals surface area contributed by atoms with E-state index in [9.17, 15) is 5.11 Å². The van der Waals surface area contributed by atoms with Gasteiger partial charge in [0, 0.05) is 31.3 Å². The van der Waals surface area contributed by atoms with Gasteiger partial charge < -0.3 is 20.3 Å². The summed E-state index contributed by atoms with van der Waals surface area (Å²) in [5.41, 5.74) is 1.80. The van der Waals surface area contributed by atoms with Crippen molar-refractivity contribution < 1.29 is 9.63 Å². The zero-order chi connectivity index (χ0) is 18.6. The van der Waals surface area contributed by atoms with Gasteiger partial charge in [0.05, 0.1) is 6.54 Å². The molecule has 150 valence electrons. The normalized spacial score (nSPS) is 12.3. The molecule has 2 rings (SSSR count). The van der Waals surface area contributed by atoms with E-state index in [1.54, 1.807) is 0 Å². The molecule has 0 saturated heterocycles. The molecule has 0 saturated carbocycles. The van der Waals surface area contributed by atoms with Gasteiger partial charge in [-0.2, -0.15) is 0 Å². The van der Waals surface area contributed by atoms with Crippen molar-refractivity contribution in [3.8, 4) is 11.3 Å². The Morgan fingerprint density at radius 3 is 2.63 bits per heavy atom. The van der Waals surface area contributed by atoms with Crippen LogP contribution in [0.2, 0.25) is 0 Å². The summed E-state index contributed by atoms with van der Waals surface area (Å²) in [6.07, 6.45) is 3.02. The summed E-state index contributed by atoms with van der Waals surface area (Å²) in [7, 11) is 0. The Labute approximate surface area is 178 Å². The lowest BCUT2D eigenvalue weighted by Gasteiger charge is -2.18. The average molecular weight is 486 g/mol. The van der Waals surface area contributed by atoms with Crippen LogP contribution in [0, 0.1) is 5.92 Å².